The number of hydrogen-bond donors (Lipinski definition) is 2. The fourth-order valence-electron chi connectivity index (χ4n) is 4.23. The highest BCUT2D eigenvalue weighted by Gasteiger charge is 2.19. The smallest absolute Gasteiger partial charge is 0.323 e. The number of fused-ring (bicyclic) bond motifs is 1. The third kappa shape index (κ3) is 5.67. The van der Waals surface area contributed by atoms with E-state index in [4.69, 9.17) is 21.1 Å². The fraction of sp³-hybridized carbons (Fsp3) is 0.222. The summed E-state index contributed by atoms with van der Waals surface area (Å²) < 4.78 is 11.5. The average Bonchev–Trinajstić information content (AvgIpc) is 2.90. The molecule has 2 amide bonds. The van der Waals surface area contributed by atoms with Crippen LogP contribution in [-0.2, 0) is 4.74 Å². The van der Waals surface area contributed by atoms with Crippen LogP contribution in [0.5, 0.6) is 11.6 Å². The van der Waals surface area contributed by atoms with Crippen molar-refractivity contribution in [3.8, 4) is 11.6 Å². The molecule has 1 aromatic heterocycles. The number of benzene rings is 3. The highest BCUT2D eigenvalue weighted by atomic mass is 35.5. The van der Waals surface area contributed by atoms with E-state index in [0.717, 1.165) is 42.5 Å². The van der Waals surface area contributed by atoms with Crippen LogP contribution in [-0.4, -0.2) is 42.3 Å². The van der Waals surface area contributed by atoms with Gasteiger partial charge in [0.25, 0.3) is 0 Å². The fourth-order valence-corrected chi connectivity index (χ4v) is 4.42. The molecular weight excluding hydrogens is 478 g/mol. The van der Waals surface area contributed by atoms with Crippen molar-refractivity contribution in [3.05, 3.63) is 78.1 Å². The van der Waals surface area contributed by atoms with E-state index in [1.807, 2.05) is 6.07 Å². The van der Waals surface area contributed by atoms with Crippen LogP contribution < -0.4 is 20.3 Å². The number of ether oxygens (including phenoxy) is 2. The summed E-state index contributed by atoms with van der Waals surface area (Å²) in [6.07, 6.45) is 3.87. The minimum absolute atomic E-state index is 0.336. The lowest BCUT2D eigenvalue weighted by atomic mass is 10.1. The second-order valence-electron chi connectivity index (χ2n) is 8.52. The monoisotopic (exact) mass is 503 g/mol. The van der Waals surface area contributed by atoms with Crippen LogP contribution in [0.4, 0.5) is 21.9 Å². The summed E-state index contributed by atoms with van der Waals surface area (Å²) in [4.78, 5) is 23.4. The van der Waals surface area contributed by atoms with Crippen molar-refractivity contribution >= 4 is 45.6 Å². The molecule has 9 heteroatoms. The van der Waals surface area contributed by atoms with E-state index >= 15 is 0 Å². The lowest BCUT2D eigenvalue weighted by Crippen LogP contribution is -2.36. The van der Waals surface area contributed by atoms with Crippen molar-refractivity contribution in [1.29, 1.82) is 0 Å². The average molecular weight is 504 g/mol. The first-order valence-electron chi connectivity index (χ1n) is 11.7. The van der Waals surface area contributed by atoms with Crippen molar-refractivity contribution in [2.75, 3.05) is 35.7 Å². The van der Waals surface area contributed by atoms with Gasteiger partial charge in [0.2, 0.25) is 5.88 Å². The molecule has 2 N–H and O–H groups in total. The minimum Gasteiger partial charge on any atom is -0.438 e. The summed E-state index contributed by atoms with van der Waals surface area (Å²) in [5.74, 6) is 1.07. The Kier molecular flexibility index (Phi) is 7.16. The van der Waals surface area contributed by atoms with E-state index in [-0.39, 0.29) is 6.03 Å². The second kappa shape index (κ2) is 10.8. The molecule has 1 aliphatic heterocycles. The summed E-state index contributed by atoms with van der Waals surface area (Å²) in [6, 6.07) is 19.8. The Morgan fingerprint density at radius 3 is 2.50 bits per heavy atom. The molecule has 3 aromatic carbocycles. The number of halogens is 1. The van der Waals surface area contributed by atoms with Crippen molar-refractivity contribution < 1.29 is 14.3 Å². The van der Waals surface area contributed by atoms with E-state index in [1.165, 1.54) is 6.33 Å². The molecule has 0 atom stereocenters. The van der Waals surface area contributed by atoms with Gasteiger partial charge >= 0.3 is 6.03 Å². The first kappa shape index (κ1) is 23.8. The Labute approximate surface area is 214 Å². The van der Waals surface area contributed by atoms with Gasteiger partial charge in [-0.3, -0.25) is 0 Å². The highest BCUT2D eigenvalue weighted by Crippen LogP contribution is 2.31. The molecule has 1 saturated heterocycles. The summed E-state index contributed by atoms with van der Waals surface area (Å²) in [5, 5.41) is 6.91. The molecule has 1 fully saturated rings. The molecule has 184 valence electrons. The number of hydrogen-bond acceptors (Lipinski definition) is 6. The number of aromatic nitrogens is 2. The van der Waals surface area contributed by atoms with E-state index in [1.54, 1.807) is 55.6 Å². The number of urea groups is 1. The molecule has 0 bridgehead atoms. The van der Waals surface area contributed by atoms with Crippen LogP contribution in [0.2, 0.25) is 5.02 Å². The zero-order valence-electron chi connectivity index (χ0n) is 19.8. The molecule has 5 rings (SSSR count). The third-order valence-electron chi connectivity index (χ3n) is 6.13. The number of rotatable bonds is 6. The number of amides is 2. The maximum absolute atomic E-state index is 12.3. The SMILES string of the molecule is COC1CCN(c2ccc3c(Oc4ccc(NC(=O)Nc5cccc(Cl)c5)cc4)ncnc3c2)CC1. The quantitative estimate of drug-likeness (QED) is 0.319. The number of methoxy groups -OCH3 is 1. The molecular formula is C27H26ClN5O3. The van der Waals surface area contributed by atoms with E-state index in [0.29, 0.717) is 34.1 Å². The number of piperidine rings is 1. The van der Waals surface area contributed by atoms with Gasteiger partial charge in [-0.05, 0) is 73.5 Å². The number of nitrogens with zero attached hydrogens (tertiary/aromatic N) is 3. The van der Waals surface area contributed by atoms with Crippen LogP contribution in [0.15, 0.2) is 73.1 Å². The van der Waals surface area contributed by atoms with Gasteiger partial charge in [-0.1, -0.05) is 17.7 Å². The number of anilines is 3. The number of nitrogens with one attached hydrogen (secondary N) is 2. The van der Waals surface area contributed by atoms with Crippen LogP contribution in [0.25, 0.3) is 10.9 Å². The van der Waals surface area contributed by atoms with Gasteiger partial charge in [-0.2, -0.15) is 0 Å². The Hall–Kier alpha value is -3.88. The van der Waals surface area contributed by atoms with Gasteiger partial charge in [-0.25, -0.2) is 14.8 Å². The summed E-state index contributed by atoms with van der Waals surface area (Å²) in [7, 11) is 1.78. The van der Waals surface area contributed by atoms with Crippen molar-refractivity contribution in [3.63, 3.8) is 0 Å². The summed E-state index contributed by atoms with van der Waals surface area (Å²) in [6.45, 7) is 1.91. The predicted octanol–water partition coefficient (Wildman–Crippen LogP) is 6.33. The van der Waals surface area contributed by atoms with Gasteiger partial charge in [0.1, 0.15) is 12.1 Å². The normalized spacial score (nSPS) is 14.0. The zero-order valence-corrected chi connectivity index (χ0v) is 20.5. The van der Waals surface area contributed by atoms with Crippen LogP contribution in [0, 0.1) is 0 Å². The molecule has 8 nitrogen and oxygen atoms in total. The number of carbonyl (C=O) groups excluding carboxylic acids is 1. The largest absolute Gasteiger partial charge is 0.438 e. The molecule has 2 heterocycles. The molecule has 0 aliphatic carbocycles. The summed E-state index contributed by atoms with van der Waals surface area (Å²) in [5.41, 5.74) is 3.19. The van der Waals surface area contributed by atoms with Crippen molar-refractivity contribution in [2.45, 2.75) is 18.9 Å². The lowest BCUT2D eigenvalue weighted by molar-refractivity contribution is 0.0819. The standard InChI is InChI=1S/C27H26ClN5O3/c1-35-22-11-13-33(14-12-22)21-7-10-24-25(16-21)29-17-30-26(24)36-23-8-5-19(6-9-23)31-27(34)32-20-4-2-3-18(28)15-20/h2-10,15-17,22H,11-14H2,1H3,(H2,31,32,34). The van der Waals surface area contributed by atoms with Gasteiger partial charge < -0.3 is 25.0 Å². The van der Waals surface area contributed by atoms with Crippen molar-refractivity contribution in [2.24, 2.45) is 0 Å². The zero-order chi connectivity index (χ0) is 24.9. The first-order valence-corrected chi connectivity index (χ1v) is 12.1. The van der Waals surface area contributed by atoms with Crippen LogP contribution in [0.1, 0.15) is 12.8 Å². The van der Waals surface area contributed by atoms with Gasteiger partial charge in [0.05, 0.1) is 17.0 Å². The highest BCUT2D eigenvalue weighted by molar-refractivity contribution is 6.30. The minimum atomic E-state index is -0.366. The van der Waals surface area contributed by atoms with Crippen LogP contribution in [0.3, 0.4) is 0 Å². The topological polar surface area (TPSA) is 88.6 Å². The molecule has 0 radical (unpaired) electrons. The second-order valence-corrected chi connectivity index (χ2v) is 8.95. The third-order valence-corrected chi connectivity index (χ3v) is 6.37. The summed E-state index contributed by atoms with van der Waals surface area (Å²) >= 11 is 5.96. The Morgan fingerprint density at radius 2 is 1.75 bits per heavy atom. The van der Waals surface area contributed by atoms with Crippen LogP contribution >= 0.6 is 11.6 Å². The van der Waals surface area contributed by atoms with Gasteiger partial charge in [-0.15, -0.1) is 0 Å². The van der Waals surface area contributed by atoms with E-state index in [9.17, 15) is 4.79 Å². The molecule has 36 heavy (non-hydrogen) atoms. The lowest BCUT2D eigenvalue weighted by Gasteiger charge is -2.33. The molecule has 4 aromatic rings. The van der Waals surface area contributed by atoms with Crippen molar-refractivity contribution in [1.82, 2.24) is 9.97 Å². The maximum atomic E-state index is 12.3. The van der Waals surface area contributed by atoms with Gasteiger partial charge in [0.15, 0.2) is 0 Å². The predicted molar refractivity (Wildman–Crippen MR) is 142 cm³/mol. The maximum Gasteiger partial charge on any atom is 0.323 e. The molecule has 1 aliphatic rings. The molecule has 0 saturated carbocycles. The Bertz CT molecular complexity index is 1360. The number of carbonyl (C=O) groups is 1. The van der Waals surface area contributed by atoms with E-state index < -0.39 is 0 Å². The first-order chi connectivity index (χ1) is 17.6. The Morgan fingerprint density at radius 1 is 0.972 bits per heavy atom. The molecule has 0 spiro atoms. The van der Waals surface area contributed by atoms with E-state index in [2.05, 4.69) is 37.6 Å². The molecule has 0 unspecified atom stereocenters. The Balaban J connectivity index is 1.24. The van der Waals surface area contributed by atoms with Gasteiger partial charge in [0, 0.05) is 42.3 Å².